The molecule has 0 bridgehead atoms. The van der Waals surface area contributed by atoms with E-state index in [1.807, 2.05) is 12.1 Å². The molecule has 2 saturated carbocycles. The molecule has 92 valence electrons. The number of hydrogen-bond donors (Lipinski definition) is 2. The lowest BCUT2D eigenvalue weighted by Crippen LogP contribution is -2.25. The van der Waals surface area contributed by atoms with E-state index < -0.39 is 0 Å². The van der Waals surface area contributed by atoms with E-state index in [1.54, 1.807) is 12.1 Å². The van der Waals surface area contributed by atoms with E-state index in [2.05, 4.69) is 5.32 Å². The topological polar surface area (TPSA) is 32.3 Å². The second-order valence-electron chi connectivity index (χ2n) is 5.64. The Hall–Kier alpha value is -1.02. The van der Waals surface area contributed by atoms with Gasteiger partial charge in [0.2, 0.25) is 0 Å². The molecular weight excluding hydrogens is 210 g/mol. The molecule has 0 radical (unpaired) electrons. The molecule has 2 N–H and O–H groups in total. The zero-order valence-electron chi connectivity index (χ0n) is 10.2. The molecule has 0 atom stereocenters. The first-order valence-corrected chi connectivity index (χ1v) is 6.81. The highest BCUT2D eigenvalue weighted by molar-refractivity contribution is 5.25. The molecular formula is C15H21NO. The van der Waals surface area contributed by atoms with Crippen LogP contribution in [0.15, 0.2) is 24.3 Å². The molecule has 2 heteroatoms. The summed E-state index contributed by atoms with van der Waals surface area (Å²) in [6.45, 7) is 2.10. The van der Waals surface area contributed by atoms with E-state index in [4.69, 9.17) is 0 Å². The molecule has 3 rings (SSSR count). The molecule has 0 heterocycles. The van der Waals surface area contributed by atoms with Gasteiger partial charge in [-0.05, 0) is 67.7 Å². The van der Waals surface area contributed by atoms with Crippen LogP contribution in [-0.4, -0.2) is 11.7 Å². The van der Waals surface area contributed by atoms with E-state index in [0.29, 0.717) is 5.75 Å². The van der Waals surface area contributed by atoms with Gasteiger partial charge in [0.25, 0.3) is 0 Å². The molecule has 0 saturated heterocycles. The minimum atomic E-state index is 0.350. The molecule has 17 heavy (non-hydrogen) atoms. The maximum absolute atomic E-state index is 9.21. The average Bonchev–Trinajstić information content (AvgIpc) is 3.19. The van der Waals surface area contributed by atoms with Gasteiger partial charge in [-0.1, -0.05) is 12.1 Å². The van der Waals surface area contributed by atoms with Gasteiger partial charge in [-0.3, -0.25) is 0 Å². The SMILES string of the molecule is Oc1ccc(CNCC(C2CC2)C2CC2)cc1. The van der Waals surface area contributed by atoms with Gasteiger partial charge >= 0.3 is 0 Å². The fourth-order valence-corrected chi connectivity index (χ4v) is 2.76. The predicted octanol–water partition coefficient (Wildman–Crippen LogP) is 2.92. The van der Waals surface area contributed by atoms with Crippen LogP contribution in [0.1, 0.15) is 31.2 Å². The zero-order chi connectivity index (χ0) is 11.7. The standard InChI is InChI=1S/C15H21NO/c17-14-7-1-11(2-8-14)9-16-10-15(12-3-4-12)13-5-6-13/h1-2,7-8,12-13,15-17H,3-6,9-10H2. The normalized spacial score (nSPS) is 19.8. The Kier molecular flexibility index (Phi) is 3.06. The fourth-order valence-electron chi connectivity index (χ4n) is 2.76. The van der Waals surface area contributed by atoms with Crippen LogP contribution in [0.2, 0.25) is 0 Å². The highest BCUT2D eigenvalue weighted by Gasteiger charge is 2.40. The van der Waals surface area contributed by atoms with Crippen LogP contribution in [0.25, 0.3) is 0 Å². The van der Waals surface area contributed by atoms with Crippen molar-refractivity contribution in [3.05, 3.63) is 29.8 Å². The molecule has 1 aromatic carbocycles. The summed E-state index contributed by atoms with van der Waals surface area (Å²) in [5, 5.41) is 12.8. The smallest absolute Gasteiger partial charge is 0.115 e. The fraction of sp³-hybridized carbons (Fsp3) is 0.600. The van der Waals surface area contributed by atoms with Crippen LogP contribution in [0.4, 0.5) is 0 Å². The van der Waals surface area contributed by atoms with Crippen LogP contribution in [0.5, 0.6) is 5.75 Å². The third kappa shape index (κ3) is 3.01. The van der Waals surface area contributed by atoms with Crippen molar-refractivity contribution in [2.75, 3.05) is 6.54 Å². The van der Waals surface area contributed by atoms with Gasteiger partial charge in [0.1, 0.15) is 5.75 Å². The quantitative estimate of drug-likeness (QED) is 0.789. The Balaban J connectivity index is 1.45. The first-order chi connectivity index (χ1) is 8.33. The van der Waals surface area contributed by atoms with Gasteiger partial charge in [-0.15, -0.1) is 0 Å². The highest BCUT2D eigenvalue weighted by atomic mass is 16.3. The lowest BCUT2D eigenvalue weighted by Gasteiger charge is -2.16. The van der Waals surface area contributed by atoms with Crippen molar-refractivity contribution >= 4 is 0 Å². The summed E-state index contributed by atoms with van der Waals surface area (Å²) in [5.41, 5.74) is 1.26. The minimum Gasteiger partial charge on any atom is -0.508 e. The van der Waals surface area contributed by atoms with Crippen LogP contribution in [-0.2, 0) is 6.54 Å². The summed E-state index contributed by atoms with van der Waals surface area (Å²) in [4.78, 5) is 0. The van der Waals surface area contributed by atoms with E-state index in [1.165, 1.54) is 37.8 Å². The lowest BCUT2D eigenvalue weighted by atomic mass is 9.98. The van der Waals surface area contributed by atoms with E-state index in [9.17, 15) is 5.11 Å². The molecule has 1 aromatic rings. The number of hydrogen-bond acceptors (Lipinski definition) is 2. The highest BCUT2D eigenvalue weighted by Crippen LogP contribution is 2.48. The largest absolute Gasteiger partial charge is 0.508 e. The van der Waals surface area contributed by atoms with Crippen molar-refractivity contribution in [1.29, 1.82) is 0 Å². The summed E-state index contributed by atoms with van der Waals surface area (Å²) >= 11 is 0. The third-order valence-electron chi connectivity index (χ3n) is 4.10. The molecule has 0 amide bonds. The van der Waals surface area contributed by atoms with Crippen molar-refractivity contribution in [3.8, 4) is 5.75 Å². The Bertz CT molecular complexity index is 353. The van der Waals surface area contributed by atoms with Crippen molar-refractivity contribution in [1.82, 2.24) is 5.32 Å². The van der Waals surface area contributed by atoms with Gasteiger partial charge < -0.3 is 10.4 Å². The van der Waals surface area contributed by atoms with Crippen molar-refractivity contribution in [2.24, 2.45) is 17.8 Å². The Morgan fingerprint density at radius 3 is 2.18 bits per heavy atom. The zero-order valence-corrected chi connectivity index (χ0v) is 10.2. The molecule has 2 aliphatic carbocycles. The lowest BCUT2D eigenvalue weighted by molar-refractivity contribution is 0.378. The van der Waals surface area contributed by atoms with E-state index in [-0.39, 0.29) is 0 Å². The first-order valence-electron chi connectivity index (χ1n) is 6.81. The van der Waals surface area contributed by atoms with Crippen molar-refractivity contribution in [3.63, 3.8) is 0 Å². The number of nitrogens with one attached hydrogen (secondary N) is 1. The van der Waals surface area contributed by atoms with Crippen molar-refractivity contribution in [2.45, 2.75) is 32.2 Å². The summed E-state index contributed by atoms with van der Waals surface area (Å²) in [7, 11) is 0. The first kappa shape index (κ1) is 11.1. The number of benzene rings is 1. The molecule has 0 spiro atoms. The van der Waals surface area contributed by atoms with Gasteiger partial charge in [-0.25, -0.2) is 0 Å². The monoisotopic (exact) mass is 231 g/mol. The molecule has 0 unspecified atom stereocenters. The molecule has 2 nitrogen and oxygen atoms in total. The average molecular weight is 231 g/mol. The van der Waals surface area contributed by atoms with Crippen molar-refractivity contribution < 1.29 is 5.11 Å². The van der Waals surface area contributed by atoms with Crippen LogP contribution in [0, 0.1) is 17.8 Å². The maximum Gasteiger partial charge on any atom is 0.115 e. The summed E-state index contributed by atoms with van der Waals surface area (Å²) in [6.07, 6.45) is 5.84. The minimum absolute atomic E-state index is 0.350. The Morgan fingerprint density at radius 2 is 1.65 bits per heavy atom. The van der Waals surface area contributed by atoms with Crippen LogP contribution < -0.4 is 5.32 Å². The number of phenolic OH excluding ortho intramolecular Hbond substituents is 1. The molecule has 2 aliphatic rings. The molecule has 0 aromatic heterocycles. The van der Waals surface area contributed by atoms with E-state index in [0.717, 1.165) is 24.3 Å². The number of aromatic hydroxyl groups is 1. The molecule has 2 fully saturated rings. The second-order valence-corrected chi connectivity index (χ2v) is 5.64. The Labute approximate surface area is 103 Å². The Morgan fingerprint density at radius 1 is 1.06 bits per heavy atom. The van der Waals surface area contributed by atoms with Gasteiger partial charge in [0.15, 0.2) is 0 Å². The second kappa shape index (κ2) is 4.69. The summed E-state index contributed by atoms with van der Waals surface area (Å²) < 4.78 is 0. The predicted molar refractivity (Wildman–Crippen MR) is 68.8 cm³/mol. The van der Waals surface area contributed by atoms with Gasteiger partial charge in [0, 0.05) is 6.54 Å². The van der Waals surface area contributed by atoms with Gasteiger partial charge in [0.05, 0.1) is 0 Å². The maximum atomic E-state index is 9.21. The number of rotatable bonds is 6. The van der Waals surface area contributed by atoms with E-state index >= 15 is 0 Å². The molecule has 0 aliphatic heterocycles. The van der Waals surface area contributed by atoms with Crippen LogP contribution in [0.3, 0.4) is 0 Å². The summed E-state index contributed by atoms with van der Waals surface area (Å²) in [6, 6.07) is 7.50. The third-order valence-corrected chi connectivity index (χ3v) is 4.10. The van der Waals surface area contributed by atoms with Gasteiger partial charge in [-0.2, -0.15) is 0 Å². The number of phenols is 1. The van der Waals surface area contributed by atoms with Crippen LogP contribution >= 0.6 is 0 Å². The summed E-state index contributed by atoms with van der Waals surface area (Å²) in [5.74, 6) is 3.33.